The SMILES string of the molecule is CCN(CC(=O)O)C1CC(NC(=O)N[C@@H]2C[C@H]2c2cccc(F)c2)C1. The lowest BCUT2D eigenvalue weighted by Crippen LogP contribution is -2.56. The second kappa shape index (κ2) is 7.39. The maximum absolute atomic E-state index is 13.2. The molecule has 0 unspecified atom stereocenters. The fourth-order valence-electron chi connectivity index (χ4n) is 3.53. The summed E-state index contributed by atoms with van der Waals surface area (Å²) in [5.41, 5.74) is 0.918. The third kappa shape index (κ3) is 4.48. The molecule has 2 amide bonds. The number of nitrogens with one attached hydrogen (secondary N) is 2. The molecular formula is C18H24FN3O3. The second-order valence-electron chi connectivity index (χ2n) is 6.90. The quantitative estimate of drug-likeness (QED) is 0.702. The second-order valence-corrected chi connectivity index (χ2v) is 6.90. The first-order valence-electron chi connectivity index (χ1n) is 8.74. The topological polar surface area (TPSA) is 81.7 Å². The number of carbonyl (C=O) groups excluding carboxylic acids is 1. The zero-order valence-corrected chi connectivity index (χ0v) is 14.2. The number of rotatable bonds is 7. The molecule has 3 N–H and O–H groups in total. The molecule has 0 spiro atoms. The molecule has 0 radical (unpaired) electrons. The normalized spacial score (nSPS) is 27.5. The number of hydrogen-bond acceptors (Lipinski definition) is 3. The number of urea groups is 1. The van der Waals surface area contributed by atoms with Crippen LogP contribution in [0.25, 0.3) is 0 Å². The number of carbonyl (C=O) groups is 2. The number of nitrogens with zero attached hydrogens (tertiary/aromatic N) is 1. The number of halogens is 1. The summed E-state index contributed by atoms with van der Waals surface area (Å²) in [7, 11) is 0. The average molecular weight is 349 g/mol. The molecule has 7 heteroatoms. The number of carboxylic acid groups (broad SMARTS) is 1. The van der Waals surface area contributed by atoms with Gasteiger partial charge in [-0.05, 0) is 43.5 Å². The first-order chi connectivity index (χ1) is 12.0. The van der Waals surface area contributed by atoms with E-state index in [4.69, 9.17) is 5.11 Å². The number of carboxylic acids is 1. The largest absolute Gasteiger partial charge is 0.480 e. The van der Waals surface area contributed by atoms with Crippen LogP contribution >= 0.6 is 0 Å². The number of amides is 2. The molecule has 1 aromatic carbocycles. The van der Waals surface area contributed by atoms with Gasteiger partial charge in [0.25, 0.3) is 0 Å². The number of likely N-dealkylation sites (N-methyl/N-ethyl adjacent to an activating group) is 1. The van der Waals surface area contributed by atoms with Gasteiger partial charge >= 0.3 is 12.0 Å². The van der Waals surface area contributed by atoms with Gasteiger partial charge in [0.15, 0.2) is 0 Å². The lowest BCUT2D eigenvalue weighted by Gasteiger charge is -2.42. The van der Waals surface area contributed by atoms with Gasteiger partial charge < -0.3 is 15.7 Å². The van der Waals surface area contributed by atoms with Crippen LogP contribution in [0, 0.1) is 5.82 Å². The van der Waals surface area contributed by atoms with E-state index < -0.39 is 5.97 Å². The van der Waals surface area contributed by atoms with Gasteiger partial charge in [0.05, 0.1) is 6.54 Å². The molecule has 2 saturated carbocycles. The van der Waals surface area contributed by atoms with Gasteiger partial charge in [-0.15, -0.1) is 0 Å². The van der Waals surface area contributed by atoms with Crippen LogP contribution in [0.4, 0.5) is 9.18 Å². The molecule has 2 aliphatic rings. The fraction of sp³-hybridized carbons (Fsp3) is 0.556. The van der Waals surface area contributed by atoms with Crippen LogP contribution in [0.5, 0.6) is 0 Å². The Morgan fingerprint density at radius 1 is 1.28 bits per heavy atom. The van der Waals surface area contributed by atoms with Crippen LogP contribution in [0.3, 0.4) is 0 Å². The van der Waals surface area contributed by atoms with E-state index in [9.17, 15) is 14.0 Å². The molecule has 2 fully saturated rings. The van der Waals surface area contributed by atoms with Gasteiger partial charge in [-0.25, -0.2) is 9.18 Å². The monoisotopic (exact) mass is 349 g/mol. The Morgan fingerprint density at radius 3 is 2.68 bits per heavy atom. The lowest BCUT2D eigenvalue weighted by atomic mass is 9.85. The minimum Gasteiger partial charge on any atom is -0.480 e. The van der Waals surface area contributed by atoms with Crippen molar-refractivity contribution in [1.82, 2.24) is 15.5 Å². The highest BCUT2D eigenvalue weighted by Gasteiger charge is 2.41. The number of aliphatic carboxylic acids is 1. The van der Waals surface area contributed by atoms with Crippen molar-refractivity contribution in [1.29, 1.82) is 0 Å². The van der Waals surface area contributed by atoms with E-state index in [0.29, 0.717) is 6.54 Å². The Bertz CT molecular complexity index is 648. The average Bonchev–Trinajstić information content (AvgIpc) is 3.27. The van der Waals surface area contributed by atoms with Crippen LogP contribution in [0.2, 0.25) is 0 Å². The van der Waals surface area contributed by atoms with Crippen LogP contribution in [-0.2, 0) is 4.79 Å². The highest BCUT2D eigenvalue weighted by atomic mass is 19.1. The highest BCUT2D eigenvalue weighted by molar-refractivity contribution is 5.75. The summed E-state index contributed by atoms with van der Waals surface area (Å²) >= 11 is 0. The van der Waals surface area contributed by atoms with Gasteiger partial charge in [-0.2, -0.15) is 0 Å². The predicted octanol–water partition coefficient (Wildman–Crippen LogP) is 1.92. The molecule has 1 aromatic rings. The van der Waals surface area contributed by atoms with Crippen LogP contribution < -0.4 is 10.6 Å². The van der Waals surface area contributed by atoms with E-state index in [1.165, 1.54) is 12.1 Å². The summed E-state index contributed by atoms with van der Waals surface area (Å²) in [5.74, 6) is -0.898. The molecule has 3 rings (SSSR count). The molecule has 6 nitrogen and oxygen atoms in total. The maximum Gasteiger partial charge on any atom is 0.317 e. The lowest BCUT2D eigenvalue weighted by molar-refractivity contribution is -0.139. The highest BCUT2D eigenvalue weighted by Crippen LogP contribution is 2.40. The van der Waals surface area contributed by atoms with E-state index in [2.05, 4.69) is 10.6 Å². The van der Waals surface area contributed by atoms with Crippen molar-refractivity contribution in [2.24, 2.45) is 0 Å². The van der Waals surface area contributed by atoms with Crippen molar-refractivity contribution in [3.05, 3.63) is 35.6 Å². The van der Waals surface area contributed by atoms with Crippen molar-refractivity contribution in [2.75, 3.05) is 13.1 Å². The molecule has 25 heavy (non-hydrogen) atoms. The molecule has 0 aromatic heterocycles. The fourth-order valence-corrected chi connectivity index (χ4v) is 3.53. The minimum atomic E-state index is -0.826. The summed E-state index contributed by atoms with van der Waals surface area (Å²) in [4.78, 5) is 24.8. The Labute approximate surface area is 146 Å². The Hall–Kier alpha value is -2.15. The Morgan fingerprint density at radius 2 is 2.04 bits per heavy atom. The van der Waals surface area contributed by atoms with Gasteiger partial charge in [0.2, 0.25) is 0 Å². The molecule has 0 saturated heterocycles. The van der Waals surface area contributed by atoms with E-state index in [1.54, 1.807) is 6.07 Å². The van der Waals surface area contributed by atoms with E-state index in [0.717, 1.165) is 24.8 Å². The standard InChI is InChI=1S/C18H24FN3O3/c1-2-22(10-17(23)24)14-7-13(8-14)20-18(25)21-16-9-15(16)11-4-3-5-12(19)6-11/h3-6,13-16H,2,7-10H2,1H3,(H,23,24)(H2,20,21,25)/t13?,14?,15-,16+/m0/s1. The molecule has 136 valence electrons. The van der Waals surface area contributed by atoms with Crippen molar-refractivity contribution in [3.63, 3.8) is 0 Å². The van der Waals surface area contributed by atoms with Crippen LogP contribution in [0.15, 0.2) is 24.3 Å². The van der Waals surface area contributed by atoms with Crippen LogP contribution in [0.1, 0.15) is 37.7 Å². The van der Waals surface area contributed by atoms with Gasteiger partial charge in [-0.1, -0.05) is 19.1 Å². The summed E-state index contributed by atoms with van der Waals surface area (Å²) < 4.78 is 13.2. The van der Waals surface area contributed by atoms with Gasteiger partial charge in [0, 0.05) is 24.0 Å². The summed E-state index contributed by atoms with van der Waals surface area (Å²) in [6, 6.07) is 6.65. The van der Waals surface area contributed by atoms with E-state index in [-0.39, 0.29) is 42.4 Å². The molecule has 0 heterocycles. The van der Waals surface area contributed by atoms with Gasteiger partial charge in [-0.3, -0.25) is 9.69 Å². The first-order valence-corrected chi connectivity index (χ1v) is 8.74. The molecule has 0 aliphatic heterocycles. The zero-order chi connectivity index (χ0) is 18.0. The molecule has 2 atom stereocenters. The molecule has 0 bridgehead atoms. The number of hydrogen-bond donors (Lipinski definition) is 3. The Balaban J connectivity index is 1.38. The van der Waals surface area contributed by atoms with Crippen molar-refractivity contribution in [3.8, 4) is 0 Å². The maximum atomic E-state index is 13.2. The minimum absolute atomic E-state index is 0.0392. The molecular weight excluding hydrogens is 325 g/mol. The van der Waals surface area contributed by atoms with Gasteiger partial charge in [0.1, 0.15) is 5.82 Å². The summed E-state index contributed by atoms with van der Waals surface area (Å²) in [6.45, 7) is 2.67. The van der Waals surface area contributed by atoms with Crippen LogP contribution in [-0.4, -0.2) is 53.2 Å². The third-order valence-corrected chi connectivity index (χ3v) is 5.09. The van der Waals surface area contributed by atoms with Crippen molar-refractivity contribution >= 4 is 12.0 Å². The van der Waals surface area contributed by atoms with Crippen molar-refractivity contribution in [2.45, 2.75) is 50.2 Å². The summed E-state index contributed by atoms with van der Waals surface area (Å²) in [5, 5.41) is 14.8. The zero-order valence-electron chi connectivity index (χ0n) is 14.2. The van der Waals surface area contributed by atoms with E-state index in [1.807, 2.05) is 17.9 Å². The first kappa shape index (κ1) is 17.7. The predicted molar refractivity (Wildman–Crippen MR) is 90.9 cm³/mol. The third-order valence-electron chi connectivity index (χ3n) is 5.09. The summed E-state index contributed by atoms with van der Waals surface area (Å²) in [6.07, 6.45) is 2.37. The molecule has 2 aliphatic carbocycles. The smallest absolute Gasteiger partial charge is 0.317 e. The number of benzene rings is 1. The Kier molecular flexibility index (Phi) is 5.22. The van der Waals surface area contributed by atoms with E-state index >= 15 is 0 Å². The van der Waals surface area contributed by atoms with Crippen molar-refractivity contribution < 1.29 is 19.1 Å².